The van der Waals surface area contributed by atoms with Crippen molar-refractivity contribution < 1.29 is 17.9 Å². The van der Waals surface area contributed by atoms with Crippen molar-refractivity contribution in [2.75, 3.05) is 13.2 Å². The maximum atomic E-state index is 12.1. The predicted octanol–water partition coefficient (Wildman–Crippen LogP) is 3.37. The standard InChI is InChI=1S/C13H18F3NO/c1-10(2)7-17-8-11-5-3-4-6-12(11)18-9-13(14,15)16/h3-6,10,17H,7-9H2,1-2H3. The molecule has 0 aliphatic heterocycles. The van der Waals surface area contributed by atoms with Crippen LogP contribution in [0.4, 0.5) is 13.2 Å². The minimum absolute atomic E-state index is 0.283. The van der Waals surface area contributed by atoms with Crippen LogP contribution < -0.4 is 10.1 Å². The van der Waals surface area contributed by atoms with Crippen molar-refractivity contribution in [3.8, 4) is 5.75 Å². The Morgan fingerprint density at radius 2 is 1.89 bits per heavy atom. The van der Waals surface area contributed by atoms with Gasteiger partial charge in [-0.1, -0.05) is 32.0 Å². The van der Waals surface area contributed by atoms with Crippen LogP contribution in [0.1, 0.15) is 19.4 Å². The molecule has 18 heavy (non-hydrogen) atoms. The average Bonchev–Trinajstić information content (AvgIpc) is 2.26. The fourth-order valence-corrected chi connectivity index (χ4v) is 1.45. The van der Waals surface area contributed by atoms with E-state index < -0.39 is 12.8 Å². The Balaban J connectivity index is 2.56. The van der Waals surface area contributed by atoms with Gasteiger partial charge in [-0.2, -0.15) is 13.2 Å². The van der Waals surface area contributed by atoms with Crippen molar-refractivity contribution in [3.63, 3.8) is 0 Å². The molecule has 5 heteroatoms. The van der Waals surface area contributed by atoms with E-state index in [1.807, 2.05) is 0 Å². The third-order valence-corrected chi connectivity index (χ3v) is 2.23. The van der Waals surface area contributed by atoms with Crippen molar-refractivity contribution in [2.24, 2.45) is 5.92 Å². The third-order valence-electron chi connectivity index (χ3n) is 2.23. The van der Waals surface area contributed by atoms with Crippen molar-refractivity contribution in [1.82, 2.24) is 5.32 Å². The zero-order chi connectivity index (χ0) is 13.6. The van der Waals surface area contributed by atoms with E-state index in [2.05, 4.69) is 19.2 Å². The molecule has 0 heterocycles. The first-order chi connectivity index (χ1) is 8.38. The Bertz CT molecular complexity index is 363. The van der Waals surface area contributed by atoms with Crippen LogP contribution in [-0.2, 0) is 6.54 Å². The van der Waals surface area contributed by atoms with E-state index in [1.54, 1.807) is 24.3 Å². The molecule has 0 atom stereocenters. The van der Waals surface area contributed by atoms with Gasteiger partial charge in [-0.3, -0.25) is 0 Å². The molecule has 0 unspecified atom stereocenters. The van der Waals surface area contributed by atoms with Crippen molar-refractivity contribution in [1.29, 1.82) is 0 Å². The molecule has 1 rings (SSSR count). The van der Waals surface area contributed by atoms with Gasteiger partial charge in [0, 0.05) is 12.1 Å². The third kappa shape index (κ3) is 5.91. The van der Waals surface area contributed by atoms with Gasteiger partial charge in [-0.05, 0) is 18.5 Å². The number of alkyl halides is 3. The molecule has 102 valence electrons. The van der Waals surface area contributed by atoms with Crippen LogP contribution in [0.25, 0.3) is 0 Å². The van der Waals surface area contributed by atoms with Gasteiger partial charge in [-0.25, -0.2) is 0 Å². The fourth-order valence-electron chi connectivity index (χ4n) is 1.45. The zero-order valence-electron chi connectivity index (χ0n) is 10.6. The summed E-state index contributed by atoms with van der Waals surface area (Å²) in [5.74, 6) is 0.777. The molecule has 0 aromatic heterocycles. The van der Waals surface area contributed by atoms with Crippen LogP contribution in [0.3, 0.4) is 0 Å². The largest absolute Gasteiger partial charge is 0.484 e. The maximum Gasteiger partial charge on any atom is 0.422 e. The van der Waals surface area contributed by atoms with E-state index in [0.29, 0.717) is 12.5 Å². The molecule has 0 saturated heterocycles. The number of rotatable bonds is 6. The SMILES string of the molecule is CC(C)CNCc1ccccc1OCC(F)(F)F. The van der Waals surface area contributed by atoms with Crippen LogP contribution >= 0.6 is 0 Å². The molecule has 1 N–H and O–H groups in total. The summed E-state index contributed by atoms with van der Waals surface area (Å²) in [7, 11) is 0. The van der Waals surface area contributed by atoms with Crippen LogP contribution in [-0.4, -0.2) is 19.3 Å². The molecule has 0 amide bonds. The molecule has 0 bridgehead atoms. The summed E-state index contributed by atoms with van der Waals surface area (Å²) < 4.78 is 41.1. The predicted molar refractivity (Wildman–Crippen MR) is 64.5 cm³/mol. The first-order valence-corrected chi connectivity index (χ1v) is 5.86. The average molecular weight is 261 g/mol. The number of hydrogen-bond donors (Lipinski definition) is 1. The summed E-state index contributed by atoms with van der Waals surface area (Å²) >= 11 is 0. The van der Waals surface area contributed by atoms with E-state index in [4.69, 9.17) is 4.74 Å². The number of para-hydroxylation sites is 1. The molecular formula is C13H18F3NO. The molecule has 0 aliphatic carbocycles. The van der Waals surface area contributed by atoms with Gasteiger partial charge in [0.25, 0.3) is 0 Å². The molecule has 0 spiro atoms. The fraction of sp³-hybridized carbons (Fsp3) is 0.538. The summed E-state index contributed by atoms with van der Waals surface area (Å²) in [4.78, 5) is 0. The number of nitrogens with one attached hydrogen (secondary N) is 1. The molecule has 2 nitrogen and oxygen atoms in total. The van der Waals surface area contributed by atoms with Gasteiger partial charge < -0.3 is 10.1 Å². The van der Waals surface area contributed by atoms with Crippen molar-refractivity contribution in [3.05, 3.63) is 29.8 Å². The summed E-state index contributed by atoms with van der Waals surface area (Å²) in [5, 5.41) is 3.18. The second-order valence-electron chi connectivity index (χ2n) is 4.54. The first kappa shape index (κ1) is 14.8. The van der Waals surface area contributed by atoms with Crippen LogP contribution in [0.2, 0.25) is 0 Å². The summed E-state index contributed by atoms with van der Waals surface area (Å²) in [5.41, 5.74) is 0.738. The van der Waals surface area contributed by atoms with E-state index in [-0.39, 0.29) is 5.75 Å². The van der Waals surface area contributed by atoms with Gasteiger partial charge >= 0.3 is 6.18 Å². The number of benzene rings is 1. The second kappa shape index (κ2) is 6.64. The highest BCUT2D eigenvalue weighted by Crippen LogP contribution is 2.22. The van der Waals surface area contributed by atoms with Gasteiger partial charge in [0.15, 0.2) is 6.61 Å². The molecule has 1 aromatic rings. The van der Waals surface area contributed by atoms with Gasteiger partial charge in [0.2, 0.25) is 0 Å². The minimum Gasteiger partial charge on any atom is -0.484 e. The van der Waals surface area contributed by atoms with E-state index >= 15 is 0 Å². The first-order valence-electron chi connectivity index (χ1n) is 5.86. The molecule has 1 aromatic carbocycles. The summed E-state index contributed by atoms with van der Waals surface area (Å²) in [6.07, 6.45) is -4.31. The highest BCUT2D eigenvalue weighted by molar-refractivity contribution is 5.33. The minimum atomic E-state index is -4.31. The summed E-state index contributed by atoms with van der Waals surface area (Å²) in [6.45, 7) is 4.20. The van der Waals surface area contributed by atoms with Gasteiger partial charge in [0.05, 0.1) is 0 Å². The lowest BCUT2D eigenvalue weighted by Gasteiger charge is -2.14. The quantitative estimate of drug-likeness (QED) is 0.847. The lowest BCUT2D eigenvalue weighted by Crippen LogP contribution is -2.22. The maximum absolute atomic E-state index is 12.1. The highest BCUT2D eigenvalue weighted by Gasteiger charge is 2.28. The monoisotopic (exact) mass is 261 g/mol. The van der Waals surface area contributed by atoms with Crippen LogP contribution in [0, 0.1) is 5.92 Å². The lowest BCUT2D eigenvalue weighted by molar-refractivity contribution is -0.153. The van der Waals surface area contributed by atoms with Crippen LogP contribution in [0.5, 0.6) is 5.75 Å². The van der Waals surface area contributed by atoms with Crippen LogP contribution in [0.15, 0.2) is 24.3 Å². The normalized spacial score (nSPS) is 11.9. The molecule has 0 radical (unpaired) electrons. The highest BCUT2D eigenvalue weighted by atomic mass is 19.4. The number of hydrogen-bond acceptors (Lipinski definition) is 2. The molecular weight excluding hydrogens is 243 g/mol. The Morgan fingerprint density at radius 1 is 1.22 bits per heavy atom. The Kier molecular flexibility index (Phi) is 5.47. The Hall–Kier alpha value is -1.23. The van der Waals surface area contributed by atoms with Crippen molar-refractivity contribution >= 4 is 0 Å². The molecule has 0 saturated carbocycles. The van der Waals surface area contributed by atoms with E-state index in [9.17, 15) is 13.2 Å². The lowest BCUT2D eigenvalue weighted by atomic mass is 10.2. The number of halogens is 3. The number of ether oxygens (including phenoxy) is 1. The van der Waals surface area contributed by atoms with Gasteiger partial charge in [0.1, 0.15) is 5.75 Å². The van der Waals surface area contributed by atoms with E-state index in [0.717, 1.165) is 12.1 Å². The van der Waals surface area contributed by atoms with Gasteiger partial charge in [-0.15, -0.1) is 0 Å². The summed E-state index contributed by atoms with van der Waals surface area (Å²) in [6, 6.07) is 6.77. The molecule has 0 fully saturated rings. The Morgan fingerprint density at radius 3 is 2.50 bits per heavy atom. The Labute approximate surface area is 105 Å². The van der Waals surface area contributed by atoms with Crippen molar-refractivity contribution in [2.45, 2.75) is 26.6 Å². The topological polar surface area (TPSA) is 21.3 Å². The van der Waals surface area contributed by atoms with E-state index in [1.165, 1.54) is 0 Å². The smallest absolute Gasteiger partial charge is 0.422 e. The zero-order valence-corrected chi connectivity index (χ0v) is 10.6. The second-order valence-corrected chi connectivity index (χ2v) is 4.54. The molecule has 0 aliphatic rings.